The van der Waals surface area contributed by atoms with Crippen molar-refractivity contribution in [3.63, 3.8) is 0 Å². The number of hydrogen-bond donors (Lipinski definition) is 7. The molecule has 11 atom stereocenters. The van der Waals surface area contributed by atoms with Gasteiger partial charge in [-0.1, -0.05) is 166 Å². The van der Waals surface area contributed by atoms with E-state index < -0.39 is 99.3 Å². The van der Waals surface area contributed by atoms with E-state index in [1.165, 1.54) is 89.5 Å². The van der Waals surface area contributed by atoms with Crippen molar-refractivity contribution in [2.24, 2.45) is 0 Å². The summed E-state index contributed by atoms with van der Waals surface area (Å²) in [6, 6.07) is 0. The van der Waals surface area contributed by atoms with Crippen molar-refractivity contribution in [2.75, 3.05) is 26.4 Å². The normalized spacial score (nSPS) is 26.1. The van der Waals surface area contributed by atoms with Crippen molar-refractivity contribution < 1.29 is 73.8 Å². The molecule has 394 valence electrons. The van der Waals surface area contributed by atoms with Gasteiger partial charge >= 0.3 is 11.9 Å². The number of carbonyl (C=O) groups is 2. The molecule has 68 heavy (non-hydrogen) atoms. The van der Waals surface area contributed by atoms with Crippen molar-refractivity contribution in [1.82, 2.24) is 0 Å². The molecule has 2 aliphatic rings. The highest BCUT2D eigenvalue weighted by Gasteiger charge is 2.47. The molecule has 0 aromatic rings. The standard InChI is InChI=1S/C53H92O15/c1-3-5-7-9-11-13-15-17-19-20-22-24-26-28-30-32-34-36-45(56)66-41(38-63-44(55)35-33-31-29-27-25-23-21-18-16-14-12-10-8-6-4-2)39-64-52-51(62)49(60)47(58)43(68-52)40-65-53-50(61)48(59)46(57)42(37-54)67-53/h11,13,17,19,29,31,33,35,41-43,46-54,57-62H,3-10,12,14-16,18,20-28,30,32,34,36-40H2,1-2H3/b13-11+,19-17+,31-29+,35-33+/t41-,42+,43+,46-,47-,48?,49?,50?,51?,52+,53+/m1/s1. The van der Waals surface area contributed by atoms with Crippen LogP contribution in [0.15, 0.2) is 48.6 Å². The predicted octanol–water partition coefficient (Wildman–Crippen LogP) is 7.49. The molecule has 2 saturated heterocycles. The molecule has 15 nitrogen and oxygen atoms in total. The van der Waals surface area contributed by atoms with Crippen molar-refractivity contribution in [1.29, 1.82) is 0 Å². The summed E-state index contributed by atoms with van der Waals surface area (Å²) in [7, 11) is 0. The van der Waals surface area contributed by atoms with E-state index >= 15 is 0 Å². The number of aliphatic hydroxyl groups excluding tert-OH is 7. The van der Waals surface area contributed by atoms with E-state index in [1.807, 2.05) is 6.08 Å². The number of esters is 2. The highest BCUT2D eigenvalue weighted by atomic mass is 16.7. The summed E-state index contributed by atoms with van der Waals surface area (Å²) < 4.78 is 33.4. The molecule has 0 radical (unpaired) electrons. The van der Waals surface area contributed by atoms with E-state index in [0.717, 1.165) is 70.6 Å². The quantitative estimate of drug-likeness (QED) is 0.0104. The van der Waals surface area contributed by atoms with Gasteiger partial charge in [-0.2, -0.15) is 0 Å². The van der Waals surface area contributed by atoms with Crippen LogP contribution in [0.25, 0.3) is 0 Å². The number of allylic oxidation sites excluding steroid dienone is 7. The Bertz CT molecular complexity index is 1370. The Kier molecular flexibility index (Phi) is 36.3. The van der Waals surface area contributed by atoms with Crippen LogP contribution in [0.1, 0.15) is 181 Å². The Morgan fingerprint density at radius 3 is 1.56 bits per heavy atom. The third-order valence-corrected chi connectivity index (χ3v) is 12.4. The molecule has 0 saturated carbocycles. The average Bonchev–Trinajstić information content (AvgIpc) is 3.33. The number of ether oxygens (including phenoxy) is 6. The van der Waals surface area contributed by atoms with Crippen LogP contribution in [-0.4, -0.2) is 142 Å². The number of hydrogen-bond acceptors (Lipinski definition) is 15. The van der Waals surface area contributed by atoms with Crippen LogP contribution in [0.3, 0.4) is 0 Å². The summed E-state index contributed by atoms with van der Waals surface area (Å²) in [5.41, 5.74) is 0. The summed E-state index contributed by atoms with van der Waals surface area (Å²) in [4.78, 5) is 25.7. The lowest BCUT2D eigenvalue weighted by atomic mass is 9.98. The zero-order valence-corrected chi connectivity index (χ0v) is 41.6. The molecule has 2 fully saturated rings. The molecular weight excluding hydrogens is 877 g/mol. The molecule has 2 rings (SSSR count). The molecule has 0 aromatic carbocycles. The molecule has 7 N–H and O–H groups in total. The zero-order valence-electron chi connectivity index (χ0n) is 41.6. The molecule has 0 amide bonds. The smallest absolute Gasteiger partial charge is 0.330 e. The van der Waals surface area contributed by atoms with E-state index in [1.54, 1.807) is 12.2 Å². The van der Waals surface area contributed by atoms with Crippen LogP contribution in [0.2, 0.25) is 0 Å². The minimum Gasteiger partial charge on any atom is -0.458 e. The van der Waals surface area contributed by atoms with Gasteiger partial charge in [-0.25, -0.2) is 4.79 Å². The molecule has 0 aliphatic carbocycles. The van der Waals surface area contributed by atoms with Crippen LogP contribution in [0.4, 0.5) is 0 Å². The van der Waals surface area contributed by atoms with Gasteiger partial charge in [0.25, 0.3) is 0 Å². The summed E-state index contributed by atoms with van der Waals surface area (Å²) in [6.07, 6.45) is 27.6. The SMILES string of the molecule is CCCCC/C=C/C/C=C/CCCCCCCCCC(=O)O[C@H](COC(=O)/C=C/C=C/CCCCCCCCCCCCC)CO[C@H]1O[C@@H](CO[C@H]2O[C@@H](CO)[C@@H](O)C(O)C2O)[C@@H](O)C(O)C1O. The van der Waals surface area contributed by atoms with E-state index in [4.69, 9.17) is 28.4 Å². The van der Waals surface area contributed by atoms with Crippen LogP contribution in [0.5, 0.6) is 0 Å². The van der Waals surface area contributed by atoms with Gasteiger partial charge in [0.05, 0.1) is 19.8 Å². The predicted molar refractivity (Wildman–Crippen MR) is 261 cm³/mol. The molecule has 2 heterocycles. The second kappa shape index (κ2) is 40.1. The topological polar surface area (TPSA) is 231 Å². The second-order valence-electron chi connectivity index (χ2n) is 18.4. The van der Waals surface area contributed by atoms with E-state index in [9.17, 15) is 45.3 Å². The van der Waals surface area contributed by atoms with Crippen LogP contribution in [0, 0.1) is 0 Å². The minimum atomic E-state index is -1.78. The first kappa shape index (κ1) is 61.6. The Morgan fingerprint density at radius 2 is 0.985 bits per heavy atom. The van der Waals surface area contributed by atoms with Crippen LogP contribution in [-0.2, 0) is 38.0 Å². The fourth-order valence-electron chi connectivity index (χ4n) is 8.04. The largest absolute Gasteiger partial charge is 0.458 e. The van der Waals surface area contributed by atoms with E-state index in [-0.39, 0.29) is 13.0 Å². The van der Waals surface area contributed by atoms with Crippen LogP contribution < -0.4 is 0 Å². The molecule has 2 aliphatic heterocycles. The number of aliphatic hydroxyl groups is 7. The maximum absolute atomic E-state index is 13.0. The van der Waals surface area contributed by atoms with Crippen molar-refractivity contribution in [3.05, 3.63) is 48.6 Å². The van der Waals surface area contributed by atoms with Crippen molar-refractivity contribution in [3.8, 4) is 0 Å². The summed E-state index contributed by atoms with van der Waals surface area (Å²) in [5, 5.41) is 72.1. The molecule has 0 spiro atoms. The molecular formula is C53H92O15. The van der Waals surface area contributed by atoms with Gasteiger partial charge in [-0.15, -0.1) is 0 Å². The third-order valence-electron chi connectivity index (χ3n) is 12.4. The maximum Gasteiger partial charge on any atom is 0.330 e. The van der Waals surface area contributed by atoms with Gasteiger partial charge in [-0.3, -0.25) is 4.79 Å². The summed E-state index contributed by atoms with van der Waals surface area (Å²) in [5.74, 6) is -1.19. The maximum atomic E-state index is 13.0. The van der Waals surface area contributed by atoms with Gasteiger partial charge < -0.3 is 64.2 Å². The number of unbranched alkanes of at least 4 members (excludes halogenated alkanes) is 21. The third kappa shape index (κ3) is 27.7. The fourth-order valence-corrected chi connectivity index (χ4v) is 8.04. The number of rotatable bonds is 40. The lowest BCUT2D eigenvalue weighted by Crippen LogP contribution is -2.61. The summed E-state index contributed by atoms with van der Waals surface area (Å²) >= 11 is 0. The molecule has 15 heteroatoms. The monoisotopic (exact) mass is 969 g/mol. The Balaban J connectivity index is 1.84. The molecule has 4 unspecified atom stereocenters. The molecule has 0 aromatic heterocycles. The van der Waals surface area contributed by atoms with Gasteiger partial charge in [0, 0.05) is 12.5 Å². The van der Waals surface area contributed by atoms with Crippen LogP contribution >= 0.6 is 0 Å². The Morgan fingerprint density at radius 1 is 0.515 bits per heavy atom. The first-order valence-corrected chi connectivity index (χ1v) is 26.3. The van der Waals surface area contributed by atoms with Gasteiger partial charge in [0.1, 0.15) is 55.4 Å². The Labute approximate surface area is 408 Å². The highest BCUT2D eigenvalue weighted by Crippen LogP contribution is 2.26. The number of carbonyl (C=O) groups excluding carboxylic acids is 2. The lowest BCUT2D eigenvalue weighted by molar-refractivity contribution is -0.332. The fraction of sp³-hybridized carbons (Fsp3) is 0.811. The highest BCUT2D eigenvalue weighted by molar-refractivity contribution is 5.82. The first-order valence-electron chi connectivity index (χ1n) is 26.3. The van der Waals surface area contributed by atoms with Gasteiger partial charge in [0.2, 0.25) is 0 Å². The molecule has 0 bridgehead atoms. The van der Waals surface area contributed by atoms with Gasteiger partial charge in [0.15, 0.2) is 18.7 Å². The zero-order chi connectivity index (χ0) is 49.6. The lowest BCUT2D eigenvalue weighted by Gasteiger charge is -2.42. The Hall–Kier alpha value is -2.54. The second-order valence-corrected chi connectivity index (χ2v) is 18.4. The van der Waals surface area contributed by atoms with E-state index in [2.05, 4.69) is 38.2 Å². The van der Waals surface area contributed by atoms with E-state index in [0.29, 0.717) is 6.42 Å². The first-order chi connectivity index (χ1) is 33.0. The van der Waals surface area contributed by atoms with Crippen molar-refractivity contribution in [2.45, 2.75) is 248 Å². The van der Waals surface area contributed by atoms with Gasteiger partial charge in [-0.05, 0) is 51.4 Å². The van der Waals surface area contributed by atoms with Crippen molar-refractivity contribution >= 4 is 11.9 Å². The average molecular weight is 969 g/mol. The summed E-state index contributed by atoms with van der Waals surface area (Å²) in [6.45, 7) is 2.44. The minimum absolute atomic E-state index is 0.136.